The van der Waals surface area contributed by atoms with Crippen molar-refractivity contribution >= 4 is 11.5 Å². The Morgan fingerprint density at radius 1 is 1.36 bits per heavy atom. The van der Waals surface area contributed by atoms with E-state index in [2.05, 4.69) is 20.3 Å². The van der Waals surface area contributed by atoms with Crippen LogP contribution in [0.2, 0.25) is 0 Å². The standard InChI is InChI=1S/C9H8N4O/c14-9-7(2-1-4-11-9)13-8-3-5-10-6-12-8/h1-6H,(H,11,14)(H,10,12,13). The van der Waals surface area contributed by atoms with Crippen LogP contribution in [-0.4, -0.2) is 15.0 Å². The van der Waals surface area contributed by atoms with Gasteiger partial charge >= 0.3 is 0 Å². The maximum Gasteiger partial charge on any atom is 0.271 e. The number of anilines is 2. The van der Waals surface area contributed by atoms with Crippen molar-refractivity contribution in [2.24, 2.45) is 0 Å². The predicted octanol–water partition coefficient (Wildman–Crippen LogP) is 0.908. The first-order valence-electron chi connectivity index (χ1n) is 4.07. The smallest absolute Gasteiger partial charge is 0.271 e. The van der Waals surface area contributed by atoms with Crippen LogP contribution in [0.5, 0.6) is 0 Å². The fourth-order valence-electron chi connectivity index (χ4n) is 1.02. The molecule has 5 heteroatoms. The lowest BCUT2D eigenvalue weighted by Crippen LogP contribution is -2.10. The normalized spacial score (nSPS) is 9.71. The number of pyridine rings is 1. The Kier molecular flexibility index (Phi) is 2.22. The van der Waals surface area contributed by atoms with Gasteiger partial charge in [-0.15, -0.1) is 0 Å². The Morgan fingerprint density at radius 2 is 2.29 bits per heavy atom. The number of H-pyrrole nitrogens is 1. The number of aromatic nitrogens is 3. The monoisotopic (exact) mass is 188 g/mol. The molecule has 0 aliphatic heterocycles. The Morgan fingerprint density at radius 3 is 3.00 bits per heavy atom. The van der Waals surface area contributed by atoms with Crippen LogP contribution in [0, 0.1) is 0 Å². The highest BCUT2D eigenvalue weighted by Crippen LogP contribution is 2.06. The van der Waals surface area contributed by atoms with Crippen molar-refractivity contribution in [2.75, 3.05) is 5.32 Å². The van der Waals surface area contributed by atoms with E-state index in [1.54, 1.807) is 30.6 Å². The van der Waals surface area contributed by atoms with Crippen LogP contribution in [0.3, 0.4) is 0 Å². The Bertz CT molecular complexity index is 465. The van der Waals surface area contributed by atoms with Gasteiger partial charge in [0, 0.05) is 12.4 Å². The molecular formula is C9H8N4O. The van der Waals surface area contributed by atoms with Gasteiger partial charge in [-0.3, -0.25) is 4.79 Å². The lowest BCUT2D eigenvalue weighted by atomic mass is 10.4. The first-order chi connectivity index (χ1) is 6.86. The molecule has 0 saturated heterocycles. The highest BCUT2D eigenvalue weighted by molar-refractivity contribution is 5.53. The van der Waals surface area contributed by atoms with Gasteiger partial charge in [0.15, 0.2) is 0 Å². The van der Waals surface area contributed by atoms with E-state index in [9.17, 15) is 4.79 Å². The van der Waals surface area contributed by atoms with Crippen molar-refractivity contribution in [3.8, 4) is 0 Å². The van der Waals surface area contributed by atoms with E-state index in [0.29, 0.717) is 11.5 Å². The molecular weight excluding hydrogens is 180 g/mol. The molecule has 0 aliphatic carbocycles. The minimum Gasteiger partial charge on any atom is -0.336 e. The molecule has 0 aliphatic rings. The summed E-state index contributed by atoms with van der Waals surface area (Å²) in [6.45, 7) is 0. The maximum atomic E-state index is 11.3. The summed E-state index contributed by atoms with van der Waals surface area (Å²) in [5.74, 6) is 0.594. The average molecular weight is 188 g/mol. The quantitative estimate of drug-likeness (QED) is 0.734. The minimum absolute atomic E-state index is 0.175. The summed E-state index contributed by atoms with van der Waals surface area (Å²) in [4.78, 5) is 21.5. The van der Waals surface area contributed by atoms with Crippen LogP contribution in [0.1, 0.15) is 0 Å². The number of nitrogens with one attached hydrogen (secondary N) is 2. The number of aromatic amines is 1. The summed E-state index contributed by atoms with van der Waals surface area (Å²) >= 11 is 0. The lowest BCUT2D eigenvalue weighted by molar-refractivity contribution is 1.16. The van der Waals surface area contributed by atoms with Crippen molar-refractivity contribution < 1.29 is 0 Å². The van der Waals surface area contributed by atoms with Crippen LogP contribution in [0.4, 0.5) is 11.5 Å². The molecule has 0 fully saturated rings. The molecule has 0 atom stereocenters. The van der Waals surface area contributed by atoms with Crippen LogP contribution >= 0.6 is 0 Å². The predicted molar refractivity (Wildman–Crippen MR) is 52.4 cm³/mol. The number of nitrogens with zero attached hydrogens (tertiary/aromatic N) is 2. The molecule has 0 bridgehead atoms. The molecule has 0 aromatic carbocycles. The summed E-state index contributed by atoms with van der Waals surface area (Å²) in [6.07, 6.45) is 4.60. The summed E-state index contributed by atoms with van der Waals surface area (Å²) in [5, 5.41) is 2.88. The largest absolute Gasteiger partial charge is 0.336 e. The van der Waals surface area contributed by atoms with Gasteiger partial charge in [-0.1, -0.05) is 0 Å². The van der Waals surface area contributed by atoms with Gasteiger partial charge in [-0.25, -0.2) is 9.97 Å². The number of rotatable bonds is 2. The van der Waals surface area contributed by atoms with E-state index < -0.39 is 0 Å². The first-order valence-corrected chi connectivity index (χ1v) is 4.07. The number of hydrogen-bond donors (Lipinski definition) is 2. The Labute approximate surface area is 79.9 Å². The molecule has 0 amide bonds. The molecule has 2 rings (SSSR count). The topological polar surface area (TPSA) is 70.7 Å². The second kappa shape index (κ2) is 3.69. The van der Waals surface area contributed by atoms with Crippen LogP contribution in [0.25, 0.3) is 0 Å². The number of hydrogen-bond acceptors (Lipinski definition) is 4. The van der Waals surface area contributed by atoms with Crippen LogP contribution in [-0.2, 0) is 0 Å². The van der Waals surface area contributed by atoms with Crippen molar-refractivity contribution in [1.29, 1.82) is 0 Å². The SMILES string of the molecule is O=c1[nH]cccc1Nc1ccncn1. The van der Waals surface area contributed by atoms with E-state index in [1.165, 1.54) is 6.33 Å². The molecule has 2 N–H and O–H groups in total. The molecule has 5 nitrogen and oxygen atoms in total. The molecule has 0 unspecified atom stereocenters. The minimum atomic E-state index is -0.175. The molecule has 2 aromatic heterocycles. The van der Waals surface area contributed by atoms with E-state index in [4.69, 9.17) is 0 Å². The zero-order chi connectivity index (χ0) is 9.80. The first kappa shape index (κ1) is 8.43. The molecule has 14 heavy (non-hydrogen) atoms. The third kappa shape index (κ3) is 1.77. The third-order valence-electron chi connectivity index (χ3n) is 1.66. The summed E-state index contributed by atoms with van der Waals surface area (Å²) in [6, 6.07) is 5.11. The zero-order valence-electron chi connectivity index (χ0n) is 7.27. The molecule has 0 saturated carbocycles. The molecule has 0 spiro atoms. The van der Waals surface area contributed by atoms with Crippen molar-refractivity contribution in [3.05, 3.63) is 47.3 Å². The fourth-order valence-corrected chi connectivity index (χ4v) is 1.02. The van der Waals surface area contributed by atoms with Crippen molar-refractivity contribution in [1.82, 2.24) is 15.0 Å². The van der Waals surface area contributed by atoms with Crippen LogP contribution < -0.4 is 10.9 Å². The van der Waals surface area contributed by atoms with Gasteiger partial charge < -0.3 is 10.3 Å². The molecule has 70 valence electrons. The highest BCUT2D eigenvalue weighted by atomic mass is 16.1. The van der Waals surface area contributed by atoms with Crippen molar-refractivity contribution in [2.45, 2.75) is 0 Å². The van der Waals surface area contributed by atoms with E-state index in [1.807, 2.05) is 0 Å². The van der Waals surface area contributed by atoms with E-state index in [-0.39, 0.29) is 5.56 Å². The van der Waals surface area contributed by atoms with Crippen LogP contribution in [0.15, 0.2) is 41.7 Å². The second-order valence-corrected chi connectivity index (χ2v) is 2.63. The lowest BCUT2D eigenvalue weighted by Gasteiger charge is -2.02. The zero-order valence-corrected chi connectivity index (χ0v) is 7.27. The Balaban J connectivity index is 2.28. The van der Waals surface area contributed by atoms with E-state index >= 15 is 0 Å². The highest BCUT2D eigenvalue weighted by Gasteiger charge is 1.97. The summed E-state index contributed by atoms with van der Waals surface area (Å²) in [5.41, 5.74) is 0.289. The van der Waals surface area contributed by atoms with Crippen molar-refractivity contribution in [3.63, 3.8) is 0 Å². The molecule has 2 heterocycles. The van der Waals surface area contributed by atoms with Gasteiger partial charge in [-0.05, 0) is 18.2 Å². The van der Waals surface area contributed by atoms with Gasteiger partial charge in [0.05, 0.1) is 0 Å². The summed E-state index contributed by atoms with van der Waals surface area (Å²) in [7, 11) is 0. The second-order valence-electron chi connectivity index (χ2n) is 2.63. The average Bonchev–Trinajstić information content (AvgIpc) is 2.23. The maximum absolute atomic E-state index is 11.3. The molecule has 2 aromatic rings. The molecule has 0 radical (unpaired) electrons. The van der Waals surface area contributed by atoms with Gasteiger partial charge in [-0.2, -0.15) is 0 Å². The van der Waals surface area contributed by atoms with Gasteiger partial charge in [0.1, 0.15) is 17.8 Å². The third-order valence-corrected chi connectivity index (χ3v) is 1.66. The Hall–Kier alpha value is -2.17. The van der Waals surface area contributed by atoms with Gasteiger partial charge in [0.2, 0.25) is 0 Å². The summed E-state index contributed by atoms with van der Waals surface area (Å²) < 4.78 is 0. The fraction of sp³-hybridized carbons (Fsp3) is 0. The van der Waals surface area contributed by atoms with Gasteiger partial charge in [0.25, 0.3) is 5.56 Å². The van der Waals surface area contributed by atoms with E-state index in [0.717, 1.165) is 0 Å².